The van der Waals surface area contributed by atoms with Gasteiger partial charge < -0.3 is 4.74 Å². The van der Waals surface area contributed by atoms with E-state index in [1.807, 2.05) is 43.6 Å². The normalized spacial score (nSPS) is 13.1. The lowest BCUT2D eigenvalue weighted by atomic mass is 10.1. The van der Waals surface area contributed by atoms with Gasteiger partial charge >= 0.3 is 0 Å². The van der Waals surface area contributed by atoms with Crippen LogP contribution in [0.5, 0.6) is 5.75 Å². The Kier molecular flexibility index (Phi) is 14.4. The number of alkyl halides is 2. The molecule has 2 rings (SSSR count). The molecule has 1 aromatic carbocycles. The Balaban J connectivity index is 1.66. The van der Waals surface area contributed by atoms with E-state index in [1.54, 1.807) is 0 Å². The van der Waals surface area contributed by atoms with Gasteiger partial charge in [-0.15, -0.1) is 0 Å². The molecule has 0 amide bonds. The highest BCUT2D eigenvalue weighted by atomic mass is 19.1. The second kappa shape index (κ2) is 17.4. The second-order valence-corrected chi connectivity index (χ2v) is 9.37. The fourth-order valence-electron chi connectivity index (χ4n) is 4.04. The van der Waals surface area contributed by atoms with Crippen molar-refractivity contribution >= 4 is 0 Å². The summed E-state index contributed by atoms with van der Waals surface area (Å²) < 4.78 is 33.2. The summed E-state index contributed by atoms with van der Waals surface area (Å²) in [6.45, 7) is 4.51. The third-order valence-electron chi connectivity index (χ3n) is 6.22. The number of ether oxygens (including phenoxy) is 1. The molecule has 1 aromatic heterocycles. The highest BCUT2D eigenvalue weighted by Gasteiger charge is 2.15. The molecule has 0 aliphatic carbocycles. The highest BCUT2D eigenvalue weighted by Crippen LogP contribution is 2.21. The summed E-state index contributed by atoms with van der Waals surface area (Å²) in [7, 11) is 0. The van der Waals surface area contributed by atoms with Crippen molar-refractivity contribution in [2.75, 3.05) is 6.61 Å². The van der Waals surface area contributed by atoms with E-state index >= 15 is 0 Å². The lowest BCUT2D eigenvalue weighted by Gasteiger charge is -2.13. The van der Waals surface area contributed by atoms with Crippen LogP contribution in [0.2, 0.25) is 0 Å². The van der Waals surface area contributed by atoms with Crippen molar-refractivity contribution in [2.45, 2.75) is 116 Å². The first-order valence-corrected chi connectivity index (χ1v) is 13.4. The van der Waals surface area contributed by atoms with E-state index in [9.17, 15) is 8.78 Å². The zero-order valence-electron chi connectivity index (χ0n) is 21.3. The van der Waals surface area contributed by atoms with Crippen molar-refractivity contribution in [2.24, 2.45) is 0 Å². The van der Waals surface area contributed by atoms with Gasteiger partial charge in [-0.25, -0.2) is 18.7 Å². The first-order chi connectivity index (χ1) is 16.6. The van der Waals surface area contributed by atoms with Gasteiger partial charge in [0.2, 0.25) is 0 Å². The number of aryl methyl sites for hydroxylation is 1. The van der Waals surface area contributed by atoms with Crippen LogP contribution in [0.15, 0.2) is 36.7 Å². The summed E-state index contributed by atoms with van der Waals surface area (Å²) in [5.74, 6) is 1.36. The summed E-state index contributed by atoms with van der Waals surface area (Å²) in [6.07, 6.45) is 15.5. The van der Waals surface area contributed by atoms with Crippen LogP contribution in [0.1, 0.15) is 103 Å². The van der Waals surface area contributed by atoms with Crippen LogP contribution < -0.4 is 4.74 Å². The molecular formula is C29H44F2N2O. The molecule has 0 aliphatic rings. The molecular weight excluding hydrogens is 430 g/mol. The SMILES string of the molecule is CCCCCCCCCCc1cnc(-c2ccc(OCC[C@@H](F)C[C@@H](F)CCCC)cc2)nc1. The van der Waals surface area contributed by atoms with Gasteiger partial charge in [0, 0.05) is 30.8 Å². The van der Waals surface area contributed by atoms with Gasteiger partial charge in [-0.05, 0) is 49.1 Å². The van der Waals surface area contributed by atoms with Gasteiger partial charge in [0.25, 0.3) is 0 Å². The minimum Gasteiger partial charge on any atom is -0.493 e. The number of rotatable bonds is 19. The number of hydrogen-bond acceptors (Lipinski definition) is 3. The average molecular weight is 475 g/mol. The van der Waals surface area contributed by atoms with Crippen molar-refractivity contribution in [3.05, 3.63) is 42.2 Å². The molecule has 0 fully saturated rings. The molecule has 2 atom stereocenters. The minimum absolute atomic E-state index is 0.0331. The van der Waals surface area contributed by atoms with Crippen LogP contribution in [0, 0.1) is 0 Å². The second-order valence-electron chi connectivity index (χ2n) is 9.37. The first kappa shape index (κ1) is 28.2. The first-order valence-electron chi connectivity index (χ1n) is 13.4. The fourth-order valence-corrected chi connectivity index (χ4v) is 4.04. The van der Waals surface area contributed by atoms with Crippen LogP contribution in [-0.4, -0.2) is 28.9 Å². The van der Waals surface area contributed by atoms with Gasteiger partial charge in [0.05, 0.1) is 6.61 Å². The Hall–Kier alpha value is -2.04. The fraction of sp³-hybridized carbons (Fsp3) is 0.655. The van der Waals surface area contributed by atoms with E-state index in [1.165, 1.54) is 56.9 Å². The van der Waals surface area contributed by atoms with Crippen LogP contribution in [0.25, 0.3) is 11.4 Å². The van der Waals surface area contributed by atoms with Crippen molar-refractivity contribution < 1.29 is 13.5 Å². The van der Waals surface area contributed by atoms with Crippen molar-refractivity contribution in [3.63, 3.8) is 0 Å². The molecule has 0 saturated heterocycles. The van der Waals surface area contributed by atoms with Crippen molar-refractivity contribution in [1.82, 2.24) is 9.97 Å². The molecule has 190 valence electrons. The highest BCUT2D eigenvalue weighted by molar-refractivity contribution is 5.55. The lowest BCUT2D eigenvalue weighted by Crippen LogP contribution is -2.13. The summed E-state index contributed by atoms with van der Waals surface area (Å²) in [4.78, 5) is 9.05. The zero-order valence-corrected chi connectivity index (χ0v) is 21.3. The van der Waals surface area contributed by atoms with Gasteiger partial charge in [0.1, 0.15) is 18.1 Å². The molecule has 0 radical (unpaired) electrons. The van der Waals surface area contributed by atoms with E-state index in [2.05, 4.69) is 16.9 Å². The largest absolute Gasteiger partial charge is 0.493 e. The minimum atomic E-state index is -1.16. The third kappa shape index (κ3) is 11.9. The maximum atomic E-state index is 13.9. The smallest absolute Gasteiger partial charge is 0.159 e. The van der Waals surface area contributed by atoms with E-state index < -0.39 is 12.3 Å². The van der Waals surface area contributed by atoms with Crippen LogP contribution >= 0.6 is 0 Å². The summed E-state index contributed by atoms with van der Waals surface area (Å²) >= 11 is 0. The molecule has 0 spiro atoms. The van der Waals surface area contributed by atoms with Gasteiger partial charge in [-0.1, -0.05) is 71.6 Å². The predicted molar refractivity (Wildman–Crippen MR) is 138 cm³/mol. The monoisotopic (exact) mass is 474 g/mol. The molecule has 1 heterocycles. The Bertz CT molecular complexity index is 752. The Morgan fingerprint density at radius 3 is 1.97 bits per heavy atom. The summed E-state index contributed by atoms with van der Waals surface area (Å²) in [6, 6.07) is 7.52. The number of hydrogen-bond donors (Lipinski definition) is 0. The quantitative estimate of drug-likeness (QED) is 0.191. The molecule has 5 heteroatoms. The van der Waals surface area contributed by atoms with Crippen molar-refractivity contribution in [3.8, 4) is 17.1 Å². The molecule has 0 N–H and O–H groups in total. The van der Waals surface area contributed by atoms with E-state index in [0.717, 1.165) is 24.8 Å². The number of halogens is 2. The lowest BCUT2D eigenvalue weighted by molar-refractivity contribution is 0.175. The number of nitrogens with zero attached hydrogens (tertiary/aromatic N) is 2. The standard InChI is InChI=1S/C29H44F2N2O/c1-3-5-7-8-9-10-11-12-13-24-22-32-29(33-23-24)25-15-17-28(18-16-25)34-20-19-27(31)21-26(30)14-6-4-2/h15-18,22-23,26-27H,3-14,19-21H2,1-2H3/t26-,27+/m0/s1. The molecule has 2 aromatic rings. The zero-order chi connectivity index (χ0) is 24.4. The maximum absolute atomic E-state index is 13.9. The van der Waals surface area contributed by atoms with Crippen LogP contribution in [0.4, 0.5) is 8.78 Å². The predicted octanol–water partition coefficient (Wildman–Crippen LogP) is 8.85. The van der Waals surface area contributed by atoms with E-state index in [4.69, 9.17) is 4.74 Å². The topological polar surface area (TPSA) is 35.0 Å². The van der Waals surface area contributed by atoms with Gasteiger partial charge in [-0.3, -0.25) is 0 Å². The number of unbranched alkanes of at least 4 members (excludes halogenated alkanes) is 8. The molecule has 0 unspecified atom stereocenters. The Morgan fingerprint density at radius 1 is 0.735 bits per heavy atom. The van der Waals surface area contributed by atoms with Crippen molar-refractivity contribution in [1.29, 1.82) is 0 Å². The van der Waals surface area contributed by atoms with Gasteiger partial charge in [0.15, 0.2) is 5.82 Å². The Labute approximate surface area is 205 Å². The van der Waals surface area contributed by atoms with Crippen LogP contribution in [-0.2, 0) is 6.42 Å². The summed E-state index contributed by atoms with van der Waals surface area (Å²) in [5, 5.41) is 0. The van der Waals surface area contributed by atoms with Crippen LogP contribution in [0.3, 0.4) is 0 Å². The number of aromatic nitrogens is 2. The average Bonchev–Trinajstić information content (AvgIpc) is 2.85. The van der Waals surface area contributed by atoms with Gasteiger partial charge in [-0.2, -0.15) is 0 Å². The molecule has 0 bridgehead atoms. The maximum Gasteiger partial charge on any atom is 0.159 e. The third-order valence-corrected chi connectivity index (χ3v) is 6.22. The molecule has 34 heavy (non-hydrogen) atoms. The molecule has 0 saturated carbocycles. The summed E-state index contributed by atoms with van der Waals surface area (Å²) in [5.41, 5.74) is 2.10. The molecule has 0 aliphatic heterocycles. The Morgan fingerprint density at radius 2 is 1.32 bits per heavy atom. The van der Waals surface area contributed by atoms with E-state index in [-0.39, 0.29) is 19.4 Å². The number of benzene rings is 1. The molecule has 3 nitrogen and oxygen atoms in total. The van der Waals surface area contributed by atoms with E-state index in [0.29, 0.717) is 18.0 Å².